The van der Waals surface area contributed by atoms with Crippen molar-refractivity contribution in [2.45, 2.75) is 44.6 Å². The number of rotatable bonds is 4. The molecule has 0 aromatic heterocycles. The Balaban J connectivity index is 2.22. The second kappa shape index (κ2) is 5.83. The van der Waals surface area contributed by atoms with Gasteiger partial charge in [0.1, 0.15) is 5.54 Å². The molecule has 1 amide bonds. The molecule has 19 heavy (non-hydrogen) atoms. The first-order chi connectivity index (χ1) is 9.05. The van der Waals surface area contributed by atoms with Crippen LogP contribution in [-0.4, -0.2) is 11.4 Å². The molecule has 0 saturated heterocycles. The number of anilines is 1. The van der Waals surface area contributed by atoms with Gasteiger partial charge in [-0.1, -0.05) is 43.9 Å². The molecule has 0 aliphatic heterocycles. The van der Waals surface area contributed by atoms with Crippen molar-refractivity contribution < 1.29 is 4.79 Å². The van der Waals surface area contributed by atoms with Gasteiger partial charge in [0.2, 0.25) is 5.91 Å². The molecule has 1 fully saturated rings. The van der Waals surface area contributed by atoms with E-state index in [2.05, 4.69) is 12.2 Å². The summed E-state index contributed by atoms with van der Waals surface area (Å²) in [5.74, 6) is 0.304. The second-order valence-corrected chi connectivity index (χ2v) is 5.89. The van der Waals surface area contributed by atoms with Gasteiger partial charge < -0.3 is 11.1 Å². The zero-order chi connectivity index (χ0) is 13.9. The van der Waals surface area contributed by atoms with Crippen molar-refractivity contribution in [3.05, 3.63) is 29.3 Å². The molecule has 0 radical (unpaired) electrons. The van der Waals surface area contributed by atoms with E-state index in [1.54, 1.807) is 0 Å². The van der Waals surface area contributed by atoms with Crippen molar-refractivity contribution in [3.63, 3.8) is 0 Å². The van der Waals surface area contributed by atoms with E-state index in [9.17, 15) is 4.79 Å². The lowest BCUT2D eigenvalue weighted by Gasteiger charge is -2.39. The maximum atomic E-state index is 12.0. The van der Waals surface area contributed by atoms with Gasteiger partial charge in [-0.25, -0.2) is 0 Å². The van der Waals surface area contributed by atoms with E-state index in [0.29, 0.717) is 10.9 Å². The number of hydrogen-bond acceptors (Lipinski definition) is 2. The highest BCUT2D eigenvalue weighted by atomic mass is 35.5. The first-order valence-electron chi connectivity index (χ1n) is 6.89. The van der Waals surface area contributed by atoms with Gasteiger partial charge >= 0.3 is 0 Å². The summed E-state index contributed by atoms with van der Waals surface area (Å²) in [4.78, 5) is 12.0. The van der Waals surface area contributed by atoms with E-state index in [1.807, 2.05) is 24.3 Å². The van der Waals surface area contributed by atoms with Gasteiger partial charge in [0.25, 0.3) is 0 Å². The Morgan fingerprint density at radius 2 is 2.37 bits per heavy atom. The number of carbonyl (C=O) groups excluding carboxylic acids is 1. The molecule has 0 spiro atoms. The second-order valence-electron chi connectivity index (χ2n) is 5.45. The van der Waals surface area contributed by atoms with Crippen molar-refractivity contribution in [1.82, 2.24) is 0 Å². The van der Waals surface area contributed by atoms with Gasteiger partial charge in [0.15, 0.2) is 0 Å². The highest BCUT2D eigenvalue weighted by Crippen LogP contribution is 2.36. The predicted molar refractivity (Wildman–Crippen MR) is 79.2 cm³/mol. The summed E-state index contributed by atoms with van der Waals surface area (Å²) in [6.07, 6.45) is 4.92. The zero-order valence-corrected chi connectivity index (χ0v) is 12.0. The molecular formula is C15H21ClN2O. The van der Waals surface area contributed by atoms with E-state index >= 15 is 0 Å². The molecule has 2 unspecified atom stereocenters. The number of hydrogen-bond donors (Lipinski definition) is 2. The van der Waals surface area contributed by atoms with E-state index in [4.69, 9.17) is 17.3 Å². The van der Waals surface area contributed by atoms with Gasteiger partial charge in [-0.15, -0.1) is 0 Å². The smallest absolute Gasteiger partial charge is 0.243 e. The fourth-order valence-electron chi connectivity index (χ4n) is 2.98. The number of benzene rings is 1. The topological polar surface area (TPSA) is 55.1 Å². The third kappa shape index (κ3) is 3.21. The van der Waals surface area contributed by atoms with Crippen LogP contribution in [0.4, 0.5) is 5.69 Å². The Kier molecular flexibility index (Phi) is 4.35. The van der Waals surface area contributed by atoms with Crippen LogP contribution in [-0.2, 0) is 4.79 Å². The zero-order valence-electron chi connectivity index (χ0n) is 11.3. The molecule has 3 nitrogen and oxygen atoms in total. The average molecular weight is 281 g/mol. The lowest BCUT2D eigenvalue weighted by atomic mass is 9.74. The van der Waals surface area contributed by atoms with Crippen LogP contribution in [0.3, 0.4) is 0 Å². The van der Waals surface area contributed by atoms with Crippen molar-refractivity contribution >= 4 is 23.2 Å². The highest BCUT2D eigenvalue weighted by molar-refractivity contribution is 6.30. The van der Waals surface area contributed by atoms with E-state index in [1.165, 1.54) is 6.42 Å². The van der Waals surface area contributed by atoms with Gasteiger partial charge in [-0.3, -0.25) is 4.79 Å². The van der Waals surface area contributed by atoms with E-state index in [-0.39, 0.29) is 5.91 Å². The highest BCUT2D eigenvalue weighted by Gasteiger charge is 2.40. The predicted octanol–water partition coefficient (Wildman–Crippen LogP) is 3.58. The molecule has 104 valence electrons. The first kappa shape index (κ1) is 14.2. The quantitative estimate of drug-likeness (QED) is 0.886. The van der Waals surface area contributed by atoms with Gasteiger partial charge in [-0.05, 0) is 37.0 Å². The summed E-state index contributed by atoms with van der Waals surface area (Å²) in [6, 6.07) is 7.45. The minimum absolute atomic E-state index is 0.259. The third-order valence-corrected chi connectivity index (χ3v) is 4.35. The summed E-state index contributed by atoms with van der Waals surface area (Å²) < 4.78 is 0. The lowest BCUT2D eigenvalue weighted by molar-refractivity contribution is -0.123. The summed E-state index contributed by atoms with van der Waals surface area (Å²) in [7, 11) is 0. The number of carbonyl (C=O) groups is 1. The largest absolute Gasteiger partial charge is 0.371 e. The molecule has 2 rings (SSSR count). The van der Waals surface area contributed by atoms with E-state index in [0.717, 1.165) is 31.4 Å². The Morgan fingerprint density at radius 3 is 3.00 bits per heavy atom. The monoisotopic (exact) mass is 280 g/mol. The summed E-state index contributed by atoms with van der Waals surface area (Å²) >= 11 is 5.99. The minimum Gasteiger partial charge on any atom is -0.371 e. The molecule has 1 aliphatic rings. The van der Waals surface area contributed by atoms with Crippen molar-refractivity contribution in [2.24, 2.45) is 11.7 Å². The van der Waals surface area contributed by atoms with Crippen LogP contribution in [0.1, 0.15) is 39.0 Å². The van der Waals surface area contributed by atoms with E-state index < -0.39 is 5.54 Å². The standard InChI is InChI=1S/C15H21ClN2O/c1-2-11-5-4-8-15(10-11,14(17)19)18-13-7-3-6-12(16)9-13/h3,6-7,9,11,18H,2,4-5,8,10H2,1H3,(H2,17,19). The summed E-state index contributed by atoms with van der Waals surface area (Å²) in [5.41, 5.74) is 5.91. The Hall–Kier alpha value is -1.22. The number of halogens is 1. The van der Waals surface area contributed by atoms with Gasteiger partial charge in [0.05, 0.1) is 0 Å². The van der Waals surface area contributed by atoms with Crippen LogP contribution in [0.15, 0.2) is 24.3 Å². The van der Waals surface area contributed by atoms with Crippen LogP contribution < -0.4 is 11.1 Å². The van der Waals surface area contributed by atoms with Crippen LogP contribution in [0.5, 0.6) is 0 Å². The van der Waals surface area contributed by atoms with Crippen molar-refractivity contribution in [3.8, 4) is 0 Å². The van der Waals surface area contributed by atoms with Crippen LogP contribution in [0, 0.1) is 5.92 Å². The van der Waals surface area contributed by atoms with Crippen LogP contribution in [0.25, 0.3) is 0 Å². The van der Waals surface area contributed by atoms with Crippen LogP contribution in [0.2, 0.25) is 5.02 Å². The van der Waals surface area contributed by atoms with Crippen LogP contribution >= 0.6 is 11.6 Å². The average Bonchev–Trinajstić information content (AvgIpc) is 2.38. The third-order valence-electron chi connectivity index (χ3n) is 4.11. The maximum absolute atomic E-state index is 12.0. The van der Waals surface area contributed by atoms with Gasteiger partial charge in [0, 0.05) is 10.7 Å². The fraction of sp³-hybridized carbons (Fsp3) is 0.533. The molecular weight excluding hydrogens is 260 g/mol. The minimum atomic E-state index is -0.621. The summed E-state index contributed by atoms with van der Waals surface area (Å²) in [6.45, 7) is 2.17. The number of nitrogens with one attached hydrogen (secondary N) is 1. The molecule has 4 heteroatoms. The fourth-order valence-corrected chi connectivity index (χ4v) is 3.17. The molecule has 0 bridgehead atoms. The van der Waals surface area contributed by atoms with Crippen molar-refractivity contribution in [2.75, 3.05) is 5.32 Å². The molecule has 3 N–H and O–H groups in total. The maximum Gasteiger partial charge on any atom is 0.243 e. The number of nitrogens with two attached hydrogens (primary N) is 1. The SMILES string of the molecule is CCC1CCCC(Nc2cccc(Cl)c2)(C(N)=O)C1. The normalized spacial score (nSPS) is 26.9. The molecule has 1 aromatic carbocycles. The number of primary amides is 1. The molecule has 1 aromatic rings. The Labute approximate surface area is 119 Å². The molecule has 1 aliphatic carbocycles. The van der Waals surface area contributed by atoms with Crippen molar-refractivity contribution in [1.29, 1.82) is 0 Å². The summed E-state index contributed by atoms with van der Waals surface area (Å²) in [5, 5.41) is 4.00. The molecule has 0 heterocycles. The molecule has 1 saturated carbocycles. The molecule has 2 atom stereocenters. The lowest BCUT2D eigenvalue weighted by Crippen LogP contribution is -2.53. The Bertz CT molecular complexity index is 463. The first-order valence-corrected chi connectivity index (χ1v) is 7.27. The van der Waals surface area contributed by atoms with Gasteiger partial charge in [-0.2, -0.15) is 0 Å². The Morgan fingerprint density at radius 1 is 1.58 bits per heavy atom. The number of amides is 1.